The fourth-order valence-electron chi connectivity index (χ4n) is 2.02. The van der Waals surface area contributed by atoms with Crippen molar-refractivity contribution in [2.45, 2.75) is 32.8 Å². The summed E-state index contributed by atoms with van der Waals surface area (Å²) in [4.78, 5) is 14.6. The minimum atomic E-state index is -1.30. The van der Waals surface area contributed by atoms with Gasteiger partial charge >= 0.3 is 0 Å². The Balaban J connectivity index is 0.000000194. The van der Waals surface area contributed by atoms with E-state index in [-0.39, 0.29) is 6.01 Å². The van der Waals surface area contributed by atoms with E-state index >= 15 is 0 Å². The van der Waals surface area contributed by atoms with Gasteiger partial charge in [-0.25, -0.2) is 0 Å². The van der Waals surface area contributed by atoms with Gasteiger partial charge in [0.05, 0.1) is 5.97 Å². The Labute approximate surface area is 146 Å². The van der Waals surface area contributed by atoms with E-state index in [2.05, 4.69) is 11.9 Å². The maximum atomic E-state index is 10.7. The lowest BCUT2D eigenvalue weighted by Gasteiger charge is -2.27. The number of carboxylic acids is 1. The van der Waals surface area contributed by atoms with E-state index in [9.17, 15) is 9.90 Å². The lowest BCUT2D eigenvalue weighted by atomic mass is 10.1. The van der Waals surface area contributed by atoms with E-state index in [1.165, 1.54) is 19.4 Å². The number of carbonyl (C=O) groups excluding carboxylic acids is 1. The summed E-state index contributed by atoms with van der Waals surface area (Å²) in [6.45, 7) is 4.99. The molecule has 0 saturated carbocycles. The number of aromatic nitrogens is 1. The van der Waals surface area contributed by atoms with Crippen LogP contribution in [0.3, 0.4) is 0 Å². The van der Waals surface area contributed by atoms with Gasteiger partial charge in [0.1, 0.15) is 16.9 Å². The lowest BCUT2D eigenvalue weighted by molar-refractivity contribution is -0.320. The van der Waals surface area contributed by atoms with Gasteiger partial charge in [-0.3, -0.25) is 0 Å². The van der Waals surface area contributed by atoms with Crippen molar-refractivity contribution in [1.82, 2.24) is 4.98 Å². The van der Waals surface area contributed by atoms with Gasteiger partial charge < -0.3 is 24.8 Å². The molecule has 1 heterocycles. The zero-order chi connectivity index (χ0) is 18.4. The molecule has 3 aromatic rings. The third kappa shape index (κ3) is 4.97. The number of ether oxygens (including phenoxy) is 1. The predicted octanol–water partition coefficient (Wildman–Crippen LogP) is 2.57. The minimum absolute atomic E-state index is 0.223. The highest BCUT2D eigenvalue weighted by Crippen LogP contribution is 2.18. The number of hydrogen-bond donors (Lipinski definition) is 1. The molecule has 0 amide bonds. The number of oxazole rings is 1. The van der Waals surface area contributed by atoms with Crippen molar-refractivity contribution in [1.29, 1.82) is 0 Å². The predicted molar refractivity (Wildman–Crippen MR) is 94.0 cm³/mol. The number of hydrogen-bond acceptors (Lipinski definition) is 6. The van der Waals surface area contributed by atoms with Crippen LogP contribution >= 0.6 is 0 Å². The number of rotatable bonds is 4. The topological polar surface area (TPSA) is 101 Å². The average molecular weight is 341 g/mol. The molecule has 6 nitrogen and oxygen atoms in total. The Kier molecular flexibility index (Phi) is 5.64. The molecule has 25 heavy (non-hydrogen) atoms. The molecule has 0 aliphatic rings. The van der Waals surface area contributed by atoms with Crippen LogP contribution in [-0.2, 0) is 11.2 Å². The molecule has 0 atom stereocenters. The van der Waals surface area contributed by atoms with Crippen LogP contribution in [0.4, 0.5) is 6.01 Å². The van der Waals surface area contributed by atoms with Gasteiger partial charge in [0.2, 0.25) is 0 Å². The number of nitrogens with zero attached hydrogens (tertiary/aromatic N) is 1. The SMILES string of the molecule is CCc1ccc(OC(C)(C)C(=O)[O-])cc1.Nc1nc2ccccc2o1. The van der Waals surface area contributed by atoms with Crippen LogP contribution in [0.1, 0.15) is 26.3 Å². The van der Waals surface area contributed by atoms with Crippen molar-refractivity contribution in [2.75, 3.05) is 5.73 Å². The van der Waals surface area contributed by atoms with Crippen molar-refractivity contribution in [3.8, 4) is 5.75 Å². The maximum absolute atomic E-state index is 10.7. The van der Waals surface area contributed by atoms with Gasteiger partial charge in [-0.15, -0.1) is 0 Å². The molecule has 0 radical (unpaired) electrons. The summed E-state index contributed by atoms with van der Waals surface area (Å²) in [5.41, 5.74) is 6.75. The van der Waals surface area contributed by atoms with Crippen LogP contribution in [0.25, 0.3) is 11.1 Å². The van der Waals surface area contributed by atoms with Crippen molar-refractivity contribution >= 4 is 23.1 Å². The molecule has 1 aromatic heterocycles. The van der Waals surface area contributed by atoms with Crippen LogP contribution in [0, 0.1) is 0 Å². The highest BCUT2D eigenvalue weighted by Gasteiger charge is 2.21. The second-order valence-electron chi connectivity index (χ2n) is 5.92. The van der Waals surface area contributed by atoms with E-state index < -0.39 is 11.6 Å². The lowest BCUT2D eigenvalue weighted by Crippen LogP contribution is -2.47. The van der Waals surface area contributed by atoms with Crippen LogP contribution < -0.4 is 15.6 Å². The second-order valence-corrected chi connectivity index (χ2v) is 5.92. The first kappa shape index (κ1) is 18.3. The number of para-hydroxylation sites is 2. The van der Waals surface area contributed by atoms with Crippen molar-refractivity contribution < 1.29 is 19.1 Å². The van der Waals surface area contributed by atoms with Gasteiger partial charge in [-0.2, -0.15) is 4.98 Å². The Morgan fingerprint density at radius 2 is 1.84 bits per heavy atom. The normalized spacial score (nSPS) is 10.8. The number of fused-ring (bicyclic) bond motifs is 1. The number of anilines is 1. The van der Waals surface area contributed by atoms with Gasteiger partial charge in [0.15, 0.2) is 5.58 Å². The molecule has 132 valence electrons. The molecule has 0 unspecified atom stereocenters. The fraction of sp³-hybridized carbons (Fsp3) is 0.263. The standard InChI is InChI=1S/C12H16O3.C7H6N2O/c1-4-9-5-7-10(8-6-9)15-12(2,3)11(13)14;8-7-9-5-3-1-2-4-6(5)10-7/h5-8H,4H2,1-3H3,(H,13,14);1-4H,(H2,8,9)/p-1. The Hall–Kier alpha value is -3.02. The van der Waals surface area contributed by atoms with E-state index in [1.807, 2.05) is 36.4 Å². The number of benzene rings is 2. The second kappa shape index (κ2) is 7.70. The molecule has 0 spiro atoms. The first-order valence-corrected chi connectivity index (χ1v) is 7.92. The van der Waals surface area contributed by atoms with Gasteiger partial charge in [-0.05, 0) is 50.1 Å². The van der Waals surface area contributed by atoms with Crippen LogP contribution in [0.5, 0.6) is 5.75 Å². The molecule has 0 aliphatic heterocycles. The minimum Gasteiger partial charge on any atom is -0.546 e. The van der Waals surface area contributed by atoms with Crippen molar-refractivity contribution in [3.05, 3.63) is 54.1 Å². The molecule has 3 rings (SSSR count). The smallest absolute Gasteiger partial charge is 0.292 e. The van der Waals surface area contributed by atoms with E-state index in [0.29, 0.717) is 5.75 Å². The van der Waals surface area contributed by atoms with Crippen molar-refractivity contribution in [3.63, 3.8) is 0 Å². The Morgan fingerprint density at radius 3 is 2.40 bits per heavy atom. The Morgan fingerprint density at radius 1 is 1.20 bits per heavy atom. The third-order valence-corrected chi connectivity index (χ3v) is 3.51. The molecular weight excluding hydrogens is 320 g/mol. The molecule has 6 heteroatoms. The summed E-state index contributed by atoms with van der Waals surface area (Å²) in [5, 5.41) is 10.7. The quantitative estimate of drug-likeness (QED) is 0.782. The number of nitrogens with two attached hydrogens (primary N) is 1. The molecule has 0 fully saturated rings. The highest BCUT2D eigenvalue weighted by atomic mass is 16.5. The summed E-state index contributed by atoms with van der Waals surface area (Å²) in [7, 11) is 0. The summed E-state index contributed by atoms with van der Waals surface area (Å²) in [5.74, 6) is -0.677. The van der Waals surface area contributed by atoms with Gasteiger partial charge in [0.25, 0.3) is 6.01 Å². The van der Waals surface area contributed by atoms with E-state index in [4.69, 9.17) is 14.9 Å². The summed E-state index contributed by atoms with van der Waals surface area (Å²) in [6, 6.07) is 15.1. The van der Waals surface area contributed by atoms with E-state index in [0.717, 1.165) is 17.5 Å². The number of carbonyl (C=O) groups is 1. The first-order valence-electron chi connectivity index (χ1n) is 7.92. The number of aliphatic carboxylic acids is 1. The van der Waals surface area contributed by atoms with Crippen LogP contribution in [0.15, 0.2) is 52.9 Å². The maximum Gasteiger partial charge on any atom is 0.292 e. The Bertz CT molecular complexity index is 805. The zero-order valence-corrected chi connectivity index (χ0v) is 14.5. The molecule has 0 aliphatic carbocycles. The molecule has 0 saturated heterocycles. The summed E-state index contributed by atoms with van der Waals surface area (Å²) < 4.78 is 10.3. The zero-order valence-electron chi connectivity index (χ0n) is 14.5. The van der Waals surface area contributed by atoms with E-state index in [1.54, 1.807) is 12.1 Å². The molecular formula is C19H21N2O4-. The highest BCUT2D eigenvalue weighted by molar-refractivity contribution is 5.74. The van der Waals surface area contributed by atoms with Crippen LogP contribution in [0.2, 0.25) is 0 Å². The summed E-state index contributed by atoms with van der Waals surface area (Å²) in [6.07, 6.45) is 0.949. The van der Waals surface area contributed by atoms with Crippen molar-refractivity contribution in [2.24, 2.45) is 0 Å². The average Bonchev–Trinajstić information content (AvgIpc) is 2.95. The van der Waals surface area contributed by atoms with Crippen LogP contribution in [-0.4, -0.2) is 16.6 Å². The number of nitrogen functional groups attached to an aromatic ring is 1. The molecule has 2 N–H and O–H groups in total. The third-order valence-electron chi connectivity index (χ3n) is 3.51. The monoisotopic (exact) mass is 341 g/mol. The van der Waals surface area contributed by atoms with Gasteiger partial charge in [0, 0.05) is 0 Å². The number of carboxylic acid groups (broad SMARTS) is 1. The largest absolute Gasteiger partial charge is 0.546 e. The molecule has 2 aromatic carbocycles. The summed E-state index contributed by atoms with van der Waals surface area (Å²) >= 11 is 0. The number of aryl methyl sites for hydroxylation is 1. The fourth-order valence-corrected chi connectivity index (χ4v) is 2.02. The molecule has 0 bridgehead atoms. The van der Waals surface area contributed by atoms with Gasteiger partial charge in [-0.1, -0.05) is 31.2 Å². The first-order chi connectivity index (χ1) is 11.8.